The quantitative estimate of drug-likeness (QED) is 0.444. The molecule has 2 N–H and O–H groups in total. The van der Waals surface area contributed by atoms with Crippen LogP contribution in [0.5, 0.6) is 0 Å². The number of hydrogen-bond donors (Lipinski definition) is 0. The number of hydrogen-bond acceptors (Lipinski definition) is 2. The van der Waals surface area contributed by atoms with Crippen molar-refractivity contribution in [3.8, 4) is 0 Å². The van der Waals surface area contributed by atoms with Crippen molar-refractivity contribution in [2.24, 2.45) is 0 Å². The van der Waals surface area contributed by atoms with Gasteiger partial charge in [0, 0.05) is 16.5 Å². The van der Waals surface area contributed by atoms with Crippen molar-refractivity contribution in [1.29, 1.82) is 0 Å². The molecule has 0 aliphatic rings. The molecule has 4 heteroatoms. The average molecular weight is 152 g/mol. The Labute approximate surface area is 44.7 Å². The fourth-order valence-corrected chi connectivity index (χ4v) is 0. The van der Waals surface area contributed by atoms with Gasteiger partial charge in [0.25, 0.3) is 0 Å². The number of rotatable bonds is 0. The fraction of sp³-hybridized carbons (Fsp3) is 0. The molecular formula is H2CoNiO2. The first-order valence-corrected chi connectivity index (χ1v) is 0. The van der Waals surface area contributed by atoms with Crippen molar-refractivity contribution in [3.63, 3.8) is 0 Å². The Hall–Kier alpha value is 0.920. The maximum Gasteiger partial charge on any atom is 2.00 e. The van der Waals surface area contributed by atoms with E-state index in [1.807, 2.05) is 0 Å². The molecule has 2 nitrogen and oxygen atoms in total. The Bertz CT molecular complexity index is 6.00. The first-order valence-electron chi connectivity index (χ1n) is 0. The Morgan fingerprint density at radius 3 is 0.750 bits per heavy atom. The first-order chi connectivity index (χ1) is 0. The summed E-state index contributed by atoms with van der Waals surface area (Å²) in [5, 5.41) is 0. The third-order valence-electron chi connectivity index (χ3n) is 0. The van der Waals surface area contributed by atoms with Gasteiger partial charge >= 0.3 is 16.8 Å². The third kappa shape index (κ3) is 12.7. The van der Waals surface area contributed by atoms with Gasteiger partial charge in [0.05, 0.1) is 0 Å². The summed E-state index contributed by atoms with van der Waals surface area (Å²) in [6, 6.07) is 0. The summed E-state index contributed by atoms with van der Waals surface area (Å²) in [5.74, 6) is 0. The van der Waals surface area contributed by atoms with Crippen molar-refractivity contribution in [1.82, 2.24) is 0 Å². The molecule has 0 saturated heterocycles. The molecule has 0 fully saturated rings. The summed E-state index contributed by atoms with van der Waals surface area (Å²) in [6.07, 6.45) is 0. The SMILES string of the molecule is [Co+2].[Ni].[OH-].[OH-]. The zero-order chi connectivity index (χ0) is 0. The molecule has 0 amide bonds. The predicted octanol–water partition coefficient (Wildman–Crippen LogP) is -0.359. The molecule has 33 valence electrons. The smallest absolute Gasteiger partial charge is 0.870 e. The first kappa shape index (κ1) is 89.3. The normalized spacial score (nSPS) is 0. The standard InChI is InChI=1S/Co.Ni.2H2O/h;;2*1H2/q+2;;;/p-2. The summed E-state index contributed by atoms with van der Waals surface area (Å²) in [7, 11) is 0. The summed E-state index contributed by atoms with van der Waals surface area (Å²) in [4.78, 5) is 0. The Morgan fingerprint density at radius 2 is 0.750 bits per heavy atom. The molecule has 0 aromatic carbocycles. The molecule has 0 aromatic rings. The van der Waals surface area contributed by atoms with Gasteiger partial charge in [-0.25, -0.2) is 0 Å². The molecule has 0 aromatic heterocycles. The zero-order valence-electron chi connectivity index (χ0n) is 1.54. The van der Waals surface area contributed by atoms with E-state index in [1.54, 1.807) is 0 Å². The van der Waals surface area contributed by atoms with E-state index in [2.05, 4.69) is 0 Å². The Morgan fingerprint density at radius 1 is 0.750 bits per heavy atom. The second-order valence-electron chi connectivity index (χ2n) is 0. The van der Waals surface area contributed by atoms with Gasteiger partial charge in [0.2, 0.25) is 0 Å². The van der Waals surface area contributed by atoms with Gasteiger partial charge in [-0.05, 0) is 0 Å². The van der Waals surface area contributed by atoms with Crippen LogP contribution in [0.2, 0.25) is 0 Å². The van der Waals surface area contributed by atoms with Gasteiger partial charge < -0.3 is 11.0 Å². The minimum Gasteiger partial charge on any atom is -0.870 e. The van der Waals surface area contributed by atoms with E-state index in [9.17, 15) is 0 Å². The zero-order valence-corrected chi connectivity index (χ0v) is 3.57. The Kier molecular flexibility index (Phi) is 882. The molecule has 0 atom stereocenters. The van der Waals surface area contributed by atoms with Gasteiger partial charge in [-0.2, -0.15) is 0 Å². The van der Waals surface area contributed by atoms with Crippen molar-refractivity contribution in [2.75, 3.05) is 0 Å². The van der Waals surface area contributed by atoms with Crippen molar-refractivity contribution in [2.45, 2.75) is 0 Å². The van der Waals surface area contributed by atoms with E-state index in [0.717, 1.165) is 0 Å². The molecule has 0 spiro atoms. The molecule has 0 heterocycles. The summed E-state index contributed by atoms with van der Waals surface area (Å²) in [5.41, 5.74) is 0. The monoisotopic (exact) mass is 151 g/mol. The van der Waals surface area contributed by atoms with Gasteiger partial charge in [-0.3, -0.25) is 0 Å². The summed E-state index contributed by atoms with van der Waals surface area (Å²) < 4.78 is 0. The van der Waals surface area contributed by atoms with Crippen LogP contribution >= 0.6 is 0 Å². The van der Waals surface area contributed by atoms with Crippen molar-refractivity contribution >= 4 is 0 Å². The van der Waals surface area contributed by atoms with E-state index >= 15 is 0 Å². The van der Waals surface area contributed by atoms with Gasteiger partial charge in [-0.1, -0.05) is 0 Å². The van der Waals surface area contributed by atoms with Crippen molar-refractivity contribution < 1.29 is 44.2 Å². The summed E-state index contributed by atoms with van der Waals surface area (Å²) in [6.45, 7) is 0. The van der Waals surface area contributed by atoms with Crippen LogP contribution in [0.25, 0.3) is 0 Å². The minimum absolute atomic E-state index is 0. The maximum absolute atomic E-state index is 0. The molecule has 0 aliphatic heterocycles. The second kappa shape index (κ2) is 39.5. The van der Waals surface area contributed by atoms with Crippen LogP contribution in [0.3, 0.4) is 0 Å². The topological polar surface area (TPSA) is 60.0 Å². The molecule has 0 aliphatic carbocycles. The summed E-state index contributed by atoms with van der Waals surface area (Å²) >= 11 is 0. The maximum atomic E-state index is 0. The van der Waals surface area contributed by atoms with E-state index in [0.29, 0.717) is 0 Å². The van der Waals surface area contributed by atoms with E-state index < -0.39 is 0 Å². The van der Waals surface area contributed by atoms with Crippen LogP contribution in [0.4, 0.5) is 0 Å². The predicted molar refractivity (Wildman–Crippen MR) is 3.87 cm³/mol. The van der Waals surface area contributed by atoms with Crippen LogP contribution in [0.1, 0.15) is 0 Å². The second-order valence-corrected chi connectivity index (χ2v) is 0. The molecule has 1 radical (unpaired) electrons. The molecule has 0 saturated carbocycles. The van der Waals surface area contributed by atoms with Crippen LogP contribution < -0.4 is 0 Å². The molecule has 0 unspecified atom stereocenters. The molecular weight excluding hydrogens is 150 g/mol. The van der Waals surface area contributed by atoms with E-state index in [-0.39, 0.29) is 44.2 Å². The molecule has 0 rings (SSSR count). The Balaban J connectivity index is 0. The van der Waals surface area contributed by atoms with E-state index in [4.69, 9.17) is 0 Å². The van der Waals surface area contributed by atoms with Crippen LogP contribution in [0, 0.1) is 0 Å². The van der Waals surface area contributed by atoms with Gasteiger partial charge in [-0.15, -0.1) is 0 Å². The van der Waals surface area contributed by atoms with Crippen molar-refractivity contribution in [3.05, 3.63) is 0 Å². The fourth-order valence-electron chi connectivity index (χ4n) is 0. The molecule has 0 bridgehead atoms. The van der Waals surface area contributed by atoms with E-state index in [1.165, 1.54) is 0 Å². The van der Waals surface area contributed by atoms with Crippen LogP contribution in [-0.2, 0) is 33.3 Å². The van der Waals surface area contributed by atoms with Gasteiger partial charge in [0.1, 0.15) is 0 Å². The minimum atomic E-state index is 0. The van der Waals surface area contributed by atoms with Crippen LogP contribution in [0.15, 0.2) is 0 Å². The largest absolute Gasteiger partial charge is 2.00 e. The average Bonchev–Trinajstić information content (AvgIpc) is 0. The van der Waals surface area contributed by atoms with Crippen LogP contribution in [-0.4, -0.2) is 11.0 Å². The molecule has 4 heavy (non-hydrogen) atoms. The third-order valence-corrected chi connectivity index (χ3v) is 0. The van der Waals surface area contributed by atoms with Gasteiger partial charge in [0.15, 0.2) is 0 Å².